The lowest BCUT2D eigenvalue weighted by molar-refractivity contribution is 0.315. The molecule has 1 fully saturated rings. The van der Waals surface area contributed by atoms with Crippen LogP contribution in [0.3, 0.4) is 0 Å². The Balaban J connectivity index is 1.76. The first-order valence-corrected chi connectivity index (χ1v) is 11.4. The van der Waals surface area contributed by atoms with Gasteiger partial charge in [-0.3, -0.25) is 0 Å². The Labute approximate surface area is 155 Å². The minimum atomic E-state index is -3.47. The predicted octanol–water partition coefficient (Wildman–Crippen LogP) is 4.02. The zero-order chi connectivity index (χ0) is 17.3. The van der Waals surface area contributed by atoms with Crippen LogP contribution in [0.25, 0.3) is 0 Å². The van der Waals surface area contributed by atoms with Crippen LogP contribution >= 0.6 is 34.3 Å². The van der Waals surface area contributed by atoms with Gasteiger partial charge in [0.2, 0.25) is 0 Å². The van der Waals surface area contributed by atoms with E-state index in [9.17, 15) is 8.42 Å². The molecular formula is C15H20ClN3O2S3. The van der Waals surface area contributed by atoms with Gasteiger partial charge >= 0.3 is 0 Å². The van der Waals surface area contributed by atoms with Crippen molar-refractivity contribution >= 4 is 44.3 Å². The highest BCUT2D eigenvalue weighted by molar-refractivity contribution is 7.91. The Morgan fingerprint density at radius 3 is 2.79 bits per heavy atom. The Kier molecular flexibility index (Phi) is 5.61. The molecule has 132 valence electrons. The number of thiophene rings is 1. The highest BCUT2D eigenvalue weighted by atomic mass is 35.5. The molecule has 0 radical (unpaired) electrons. The summed E-state index contributed by atoms with van der Waals surface area (Å²) in [7, 11) is -3.47. The van der Waals surface area contributed by atoms with Gasteiger partial charge in [-0.05, 0) is 30.9 Å². The highest BCUT2D eigenvalue weighted by Gasteiger charge is 2.33. The van der Waals surface area contributed by atoms with Crippen LogP contribution in [0.4, 0.5) is 0 Å². The maximum Gasteiger partial charge on any atom is 0.252 e. The topological polar surface area (TPSA) is 63.2 Å². The molecule has 0 N–H and O–H groups in total. The van der Waals surface area contributed by atoms with E-state index in [1.807, 2.05) is 0 Å². The lowest BCUT2D eigenvalue weighted by atomic mass is 10.0. The molecule has 0 amide bonds. The first kappa shape index (κ1) is 18.3. The number of halogens is 1. The molecule has 24 heavy (non-hydrogen) atoms. The van der Waals surface area contributed by atoms with E-state index in [1.165, 1.54) is 0 Å². The van der Waals surface area contributed by atoms with Crippen LogP contribution in [0.15, 0.2) is 16.3 Å². The number of nitrogens with zero attached hydrogens (tertiary/aromatic N) is 3. The molecule has 3 rings (SSSR count). The van der Waals surface area contributed by atoms with Crippen molar-refractivity contribution < 1.29 is 8.42 Å². The van der Waals surface area contributed by atoms with Gasteiger partial charge in [-0.15, -0.1) is 32.9 Å². The molecular weight excluding hydrogens is 386 g/mol. The molecule has 0 aromatic carbocycles. The number of hydrogen-bond donors (Lipinski definition) is 0. The van der Waals surface area contributed by atoms with Crippen LogP contribution in [-0.4, -0.2) is 36.0 Å². The maximum absolute atomic E-state index is 12.8. The lowest BCUT2D eigenvalue weighted by Gasteiger charge is -2.30. The van der Waals surface area contributed by atoms with Crippen LogP contribution < -0.4 is 0 Å². The third-order valence-electron chi connectivity index (χ3n) is 3.94. The van der Waals surface area contributed by atoms with Crippen molar-refractivity contribution in [2.75, 3.05) is 13.1 Å². The second kappa shape index (κ2) is 7.37. The number of rotatable bonds is 5. The predicted molar refractivity (Wildman–Crippen MR) is 98.5 cm³/mol. The van der Waals surface area contributed by atoms with E-state index in [2.05, 4.69) is 24.0 Å². The number of hydrogen-bond acceptors (Lipinski definition) is 6. The van der Waals surface area contributed by atoms with E-state index in [0.29, 0.717) is 27.6 Å². The zero-order valence-electron chi connectivity index (χ0n) is 13.6. The summed E-state index contributed by atoms with van der Waals surface area (Å²) in [5, 5.41) is 10.6. The van der Waals surface area contributed by atoms with Gasteiger partial charge in [-0.25, -0.2) is 8.42 Å². The monoisotopic (exact) mass is 405 g/mol. The van der Waals surface area contributed by atoms with Gasteiger partial charge in [0, 0.05) is 25.4 Å². The fourth-order valence-electron chi connectivity index (χ4n) is 2.79. The lowest BCUT2D eigenvalue weighted by Crippen LogP contribution is -2.38. The molecule has 0 aliphatic carbocycles. The Morgan fingerprint density at radius 1 is 1.33 bits per heavy atom. The van der Waals surface area contributed by atoms with Crippen molar-refractivity contribution in [1.82, 2.24) is 14.5 Å². The minimum absolute atomic E-state index is 0.127. The van der Waals surface area contributed by atoms with Crippen LogP contribution in [-0.2, 0) is 16.4 Å². The van der Waals surface area contributed by atoms with E-state index in [1.54, 1.807) is 27.8 Å². The second-order valence-electron chi connectivity index (χ2n) is 6.39. The summed E-state index contributed by atoms with van der Waals surface area (Å²) in [6, 6.07) is 3.21. The summed E-state index contributed by atoms with van der Waals surface area (Å²) in [5.41, 5.74) is 0. The van der Waals surface area contributed by atoms with Crippen molar-refractivity contribution in [3.8, 4) is 0 Å². The zero-order valence-corrected chi connectivity index (χ0v) is 16.8. The largest absolute Gasteiger partial charge is 0.252 e. The van der Waals surface area contributed by atoms with E-state index >= 15 is 0 Å². The van der Waals surface area contributed by atoms with E-state index in [0.717, 1.165) is 40.6 Å². The Hall–Kier alpha value is -0.540. The number of piperidine rings is 1. The van der Waals surface area contributed by atoms with Crippen LogP contribution in [0.1, 0.15) is 42.6 Å². The summed E-state index contributed by atoms with van der Waals surface area (Å²) in [6.45, 7) is 5.32. The third kappa shape index (κ3) is 3.99. The molecule has 0 spiro atoms. The summed E-state index contributed by atoms with van der Waals surface area (Å²) in [5.74, 6) is 0.667. The molecule has 1 aliphatic rings. The standard InChI is InChI=1S/C15H20ClN3O2S3/c1-10(2)8-13-17-18-15(23-13)11-4-3-7-19(9-11)24(20,21)14-6-5-12(16)22-14/h5-6,10-11H,3-4,7-9H2,1-2H3. The van der Waals surface area contributed by atoms with Crippen LogP contribution in [0.2, 0.25) is 4.34 Å². The van der Waals surface area contributed by atoms with E-state index in [-0.39, 0.29) is 5.92 Å². The van der Waals surface area contributed by atoms with Gasteiger partial charge in [-0.2, -0.15) is 4.31 Å². The van der Waals surface area contributed by atoms with Gasteiger partial charge in [0.25, 0.3) is 10.0 Å². The van der Waals surface area contributed by atoms with Crippen molar-refractivity contribution in [2.45, 2.75) is 43.2 Å². The van der Waals surface area contributed by atoms with E-state index in [4.69, 9.17) is 11.6 Å². The molecule has 0 saturated carbocycles. The van der Waals surface area contributed by atoms with Gasteiger partial charge in [0.15, 0.2) is 0 Å². The maximum atomic E-state index is 12.8. The first-order chi connectivity index (χ1) is 11.4. The first-order valence-electron chi connectivity index (χ1n) is 7.94. The summed E-state index contributed by atoms with van der Waals surface area (Å²) in [6.07, 6.45) is 2.70. The molecule has 2 aromatic heterocycles. The van der Waals surface area contributed by atoms with Gasteiger partial charge < -0.3 is 0 Å². The highest BCUT2D eigenvalue weighted by Crippen LogP contribution is 2.34. The summed E-state index contributed by atoms with van der Waals surface area (Å²) < 4.78 is 27.9. The van der Waals surface area contributed by atoms with E-state index < -0.39 is 10.0 Å². The number of sulfonamides is 1. The second-order valence-corrected chi connectivity index (χ2v) is 11.4. The average Bonchev–Trinajstić information content (AvgIpc) is 3.16. The SMILES string of the molecule is CC(C)Cc1nnc(C2CCCN(S(=O)(=O)c3ccc(Cl)s3)C2)s1. The molecule has 1 unspecified atom stereocenters. The van der Waals surface area contributed by atoms with Crippen molar-refractivity contribution in [1.29, 1.82) is 0 Å². The van der Waals surface area contributed by atoms with Crippen LogP contribution in [0, 0.1) is 5.92 Å². The number of aromatic nitrogens is 2. The molecule has 0 bridgehead atoms. The summed E-state index contributed by atoms with van der Waals surface area (Å²) >= 11 is 8.62. The average molecular weight is 406 g/mol. The molecule has 1 saturated heterocycles. The van der Waals surface area contributed by atoms with Crippen LogP contribution in [0.5, 0.6) is 0 Å². The Bertz CT molecular complexity index is 801. The molecule has 9 heteroatoms. The van der Waals surface area contributed by atoms with Gasteiger partial charge in [-0.1, -0.05) is 25.4 Å². The molecule has 5 nitrogen and oxygen atoms in total. The van der Waals surface area contributed by atoms with Crippen molar-refractivity contribution in [3.05, 3.63) is 26.5 Å². The summed E-state index contributed by atoms with van der Waals surface area (Å²) in [4.78, 5) is 0. The fourth-order valence-corrected chi connectivity index (χ4v) is 7.13. The minimum Gasteiger partial charge on any atom is -0.206 e. The quantitative estimate of drug-likeness (QED) is 0.753. The molecule has 2 aromatic rings. The van der Waals surface area contributed by atoms with Gasteiger partial charge in [0.1, 0.15) is 14.2 Å². The smallest absolute Gasteiger partial charge is 0.206 e. The van der Waals surface area contributed by atoms with Crippen molar-refractivity contribution in [2.24, 2.45) is 5.92 Å². The Morgan fingerprint density at radius 2 is 2.12 bits per heavy atom. The molecule has 1 aliphatic heterocycles. The molecule has 1 atom stereocenters. The fraction of sp³-hybridized carbons (Fsp3) is 0.600. The normalized spacial score (nSPS) is 19.9. The van der Waals surface area contributed by atoms with Gasteiger partial charge in [0.05, 0.1) is 4.34 Å². The molecule has 3 heterocycles. The van der Waals surface area contributed by atoms with Crippen molar-refractivity contribution in [3.63, 3.8) is 0 Å². The third-order valence-corrected chi connectivity index (χ3v) is 8.61.